The molecule has 1 aliphatic heterocycles. The van der Waals surface area contributed by atoms with E-state index in [1.165, 1.54) is 0 Å². The first-order chi connectivity index (χ1) is 10.8. The van der Waals surface area contributed by atoms with Crippen molar-refractivity contribution in [2.24, 2.45) is 5.18 Å². The zero-order valence-electron chi connectivity index (χ0n) is 13.8. The third-order valence-corrected chi connectivity index (χ3v) is 4.34. The van der Waals surface area contributed by atoms with Crippen LogP contribution in [0.1, 0.15) is 51.6 Å². The predicted molar refractivity (Wildman–Crippen MR) is 93.3 cm³/mol. The lowest BCUT2D eigenvalue weighted by Gasteiger charge is -2.38. The van der Waals surface area contributed by atoms with Gasteiger partial charge in [0.15, 0.2) is 0 Å². The number of hydrogen-bond donors (Lipinski definition) is 0. The monoisotopic (exact) mass is 382 g/mol. The highest BCUT2D eigenvalue weighted by Crippen LogP contribution is 2.33. The first kappa shape index (κ1) is 17.9. The lowest BCUT2D eigenvalue weighted by atomic mass is 9.91. The van der Waals surface area contributed by atoms with E-state index in [1.807, 2.05) is 45.0 Å². The molecule has 1 aromatic carbocycles. The maximum absolute atomic E-state index is 12.5. The van der Waals surface area contributed by atoms with E-state index in [-0.39, 0.29) is 12.1 Å². The third-order valence-electron chi connectivity index (χ3n) is 3.85. The summed E-state index contributed by atoms with van der Waals surface area (Å²) in [7, 11) is 0. The molecule has 1 aromatic rings. The maximum Gasteiger partial charge on any atom is 0.410 e. The van der Waals surface area contributed by atoms with Crippen LogP contribution in [0.5, 0.6) is 0 Å². The highest BCUT2D eigenvalue weighted by atomic mass is 79.9. The molecule has 0 radical (unpaired) electrons. The Balaban J connectivity index is 2.25. The first-order valence-corrected chi connectivity index (χ1v) is 8.68. The topological polar surface area (TPSA) is 59.0 Å². The Morgan fingerprint density at radius 2 is 2.13 bits per heavy atom. The molecule has 0 aromatic heterocycles. The van der Waals surface area contributed by atoms with E-state index in [2.05, 4.69) is 21.1 Å². The van der Waals surface area contributed by atoms with Gasteiger partial charge in [-0.25, -0.2) is 4.79 Å². The number of hydrogen-bond acceptors (Lipinski definition) is 4. The van der Waals surface area contributed by atoms with Crippen LogP contribution < -0.4 is 0 Å². The van der Waals surface area contributed by atoms with Crippen molar-refractivity contribution in [2.75, 3.05) is 6.54 Å². The van der Waals surface area contributed by atoms with Crippen LogP contribution in [0.4, 0.5) is 4.79 Å². The van der Waals surface area contributed by atoms with E-state index in [0.717, 1.165) is 29.3 Å². The van der Waals surface area contributed by atoms with Gasteiger partial charge in [0.05, 0.1) is 6.04 Å². The third kappa shape index (κ3) is 4.77. The fourth-order valence-corrected chi connectivity index (χ4v) is 3.29. The normalized spacial score (nSPS) is 20.0. The van der Waals surface area contributed by atoms with Crippen LogP contribution in [0.2, 0.25) is 0 Å². The van der Waals surface area contributed by atoms with Gasteiger partial charge in [-0.2, -0.15) is 4.91 Å². The van der Waals surface area contributed by atoms with Gasteiger partial charge >= 0.3 is 6.09 Å². The molecule has 1 saturated heterocycles. The van der Waals surface area contributed by atoms with Gasteiger partial charge in [0.1, 0.15) is 11.6 Å². The average molecular weight is 383 g/mol. The van der Waals surface area contributed by atoms with E-state index < -0.39 is 11.6 Å². The number of ether oxygens (including phenoxy) is 1. The first-order valence-electron chi connectivity index (χ1n) is 7.89. The molecule has 6 heteroatoms. The molecule has 0 aliphatic carbocycles. The van der Waals surface area contributed by atoms with Crippen LogP contribution in [0.15, 0.2) is 33.9 Å². The second-order valence-electron chi connectivity index (χ2n) is 6.84. The van der Waals surface area contributed by atoms with Crippen molar-refractivity contribution in [1.29, 1.82) is 0 Å². The summed E-state index contributed by atoms with van der Waals surface area (Å²) in [6, 6.07) is 6.69. The van der Waals surface area contributed by atoms with Crippen LogP contribution in [0.25, 0.3) is 0 Å². The lowest BCUT2D eigenvalue weighted by molar-refractivity contribution is 0.00655. The molecular formula is C17H23BrN2O3. The SMILES string of the molecule is CC(C)(C)OC(=O)N1CCCC[C@H]1C(N=O)c1cccc(Br)c1. The fourth-order valence-electron chi connectivity index (χ4n) is 2.88. The number of nitrogens with zero attached hydrogens (tertiary/aromatic N) is 2. The summed E-state index contributed by atoms with van der Waals surface area (Å²) in [5, 5.41) is 3.33. The minimum Gasteiger partial charge on any atom is -0.444 e. The number of nitroso groups, excluding NO2 is 1. The molecule has 1 fully saturated rings. The zero-order chi connectivity index (χ0) is 17.0. The molecule has 2 rings (SSSR count). The Kier molecular flexibility index (Phi) is 5.79. The van der Waals surface area contributed by atoms with Gasteiger partial charge in [-0.3, -0.25) is 0 Å². The van der Waals surface area contributed by atoms with Crippen LogP contribution in [0.3, 0.4) is 0 Å². The molecule has 0 saturated carbocycles. The number of piperidine rings is 1. The predicted octanol–water partition coefficient (Wildman–Crippen LogP) is 5.05. The van der Waals surface area contributed by atoms with Crippen LogP contribution >= 0.6 is 15.9 Å². The van der Waals surface area contributed by atoms with E-state index in [1.54, 1.807) is 4.90 Å². The summed E-state index contributed by atoms with van der Waals surface area (Å²) in [5.41, 5.74) is 0.258. The Hall–Kier alpha value is -1.43. The number of amides is 1. The molecule has 23 heavy (non-hydrogen) atoms. The van der Waals surface area contributed by atoms with Gasteiger partial charge in [0.25, 0.3) is 0 Å². The molecule has 0 spiro atoms. The summed E-state index contributed by atoms with van der Waals surface area (Å²) in [4.78, 5) is 25.7. The van der Waals surface area contributed by atoms with Crippen LogP contribution in [-0.2, 0) is 4.74 Å². The summed E-state index contributed by atoms with van der Waals surface area (Å²) < 4.78 is 6.39. The van der Waals surface area contributed by atoms with Crippen molar-refractivity contribution >= 4 is 22.0 Å². The van der Waals surface area contributed by atoms with E-state index >= 15 is 0 Å². The Morgan fingerprint density at radius 1 is 1.39 bits per heavy atom. The van der Waals surface area contributed by atoms with E-state index in [9.17, 15) is 9.70 Å². The van der Waals surface area contributed by atoms with Crippen molar-refractivity contribution in [3.8, 4) is 0 Å². The van der Waals surface area contributed by atoms with Crippen molar-refractivity contribution in [1.82, 2.24) is 4.90 Å². The van der Waals surface area contributed by atoms with Crippen LogP contribution in [-0.4, -0.2) is 29.2 Å². The number of benzene rings is 1. The van der Waals surface area contributed by atoms with Crippen molar-refractivity contribution in [2.45, 2.75) is 57.7 Å². The van der Waals surface area contributed by atoms with Crippen molar-refractivity contribution < 1.29 is 9.53 Å². The van der Waals surface area contributed by atoms with Crippen molar-refractivity contribution in [3.05, 3.63) is 39.2 Å². The van der Waals surface area contributed by atoms with E-state index in [4.69, 9.17) is 4.74 Å². The maximum atomic E-state index is 12.5. The quantitative estimate of drug-likeness (QED) is 0.687. The summed E-state index contributed by atoms with van der Waals surface area (Å²) >= 11 is 3.42. The summed E-state index contributed by atoms with van der Waals surface area (Å²) in [6.07, 6.45) is 2.28. The Bertz CT molecular complexity index is 571. The smallest absolute Gasteiger partial charge is 0.410 e. The summed E-state index contributed by atoms with van der Waals surface area (Å²) in [5.74, 6) is 0. The van der Waals surface area contributed by atoms with E-state index in [0.29, 0.717) is 6.54 Å². The Morgan fingerprint density at radius 3 is 2.74 bits per heavy atom. The second-order valence-corrected chi connectivity index (χ2v) is 7.76. The van der Waals surface area contributed by atoms with Crippen LogP contribution in [0, 0.1) is 4.91 Å². The van der Waals surface area contributed by atoms with Gasteiger partial charge in [-0.05, 0) is 57.7 Å². The average Bonchev–Trinajstić information content (AvgIpc) is 2.47. The molecule has 0 N–H and O–H groups in total. The number of carbonyl (C=O) groups is 1. The highest BCUT2D eigenvalue weighted by Gasteiger charge is 2.37. The highest BCUT2D eigenvalue weighted by molar-refractivity contribution is 9.10. The van der Waals surface area contributed by atoms with Gasteiger partial charge in [-0.15, -0.1) is 0 Å². The number of rotatable bonds is 3. The Labute approximate surface area is 145 Å². The molecule has 1 heterocycles. The summed E-state index contributed by atoms with van der Waals surface area (Å²) in [6.45, 7) is 6.12. The second kappa shape index (κ2) is 7.43. The number of carbonyl (C=O) groups excluding carboxylic acids is 1. The minimum atomic E-state index is -0.583. The van der Waals surface area contributed by atoms with Gasteiger partial charge in [-0.1, -0.05) is 33.2 Å². The lowest BCUT2D eigenvalue weighted by Crippen LogP contribution is -2.48. The number of halogens is 1. The largest absolute Gasteiger partial charge is 0.444 e. The zero-order valence-corrected chi connectivity index (χ0v) is 15.4. The van der Waals surface area contributed by atoms with Gasteiger partial charge in [0, 0.05) is 11.0 Å². The molecule has 126 valence electrons. The molecule has 2 atom stereocenters. The van der Waals surface area contributed by atoms with Gasteiger partial charge < -0.3 is 9.64 Å². The molecule has 0 bridgehead atoms. The minimum absolute atomic E-state index is 0.259. The molecule has 5 nitrogen and oxygen atoms in total. The molecule has 1 aliphatic rings. The fraction of sp³-hybridized carbons (Fsp3) is 0.588. The van der Waals surface area contributed by atoms with Crippen molar-refractivity contribution in [3.63, 3.8) is 0 Å². The molecular weight excluding hydrogens is 360 g/mol. The standard InChI is InChI=1S/C17H23BrN2O3/c1-17(2,3)23-16(21)20-10-5-4-9-14(20)15(19-22)12-7-6-8-13(18)11-12/h6-8,11,14-15H,4-5,9-10H2,1-3H3/t14-,15?/m0/s1. The number of likely N-dealkylation sites (tertiary alicyclic amines) is 1. The van der Waals surface area contributed by atoms with Gasteiger partial charge in [0.2, 0.25) is 0 Å². The molecule has 1 amide bonds. The molecule has 1 unspecified atom stereocenters.